The Balaban J connectivity index is 1.55. The van der Waals surface area contributed by atoms with E-state index in [9.17, 15) is 0 Å². The van der Waals surface area contributed by atoms with Crippen LogP contribution in [0, 0.1) is 0 Å². The smallest absolute Gasteiger partial charge is 0.0195 e. The Morgan fingerprint density at radius 3 is 2.82 bits per heavy atom. The minimum Gasteiger partial charge on any atom is -0.313 e. The Morgan fingerprint density at radius 2 is 2.06 bits per heavy atom. The minimum absolute atomic E-state index is 0.754. The topological polar surface area (TPSA) is 15.3 Å². The summed E-state index contributed by atoms with van der Waals surface area (Å²) >= 11 is 0. The predicted octanol–water partition coefficient (Wildman–Crippen LogP) is 2.23. The third-order valence-electron chi connectivity index (χ3n) is 4.18. The molecule has 2 heteroatoms. The summed E-state index contributed by atoms with van der Waals surface area (Å²) in [6, 6.07) is 11.7. The molecule has 0 saturated carbocycles. The van der Waals surface area contributed by atoms with Crippen LogP contribution in [0.15, 0.2) is 30.3 Å². The molecule has 0 amide bonds. The summed E-state index contributed by atoms with van der Waals surface area (Å²) in [4.78, 5) is 2.64. The molecule has 1 aromatic carbocycles. The van der Waals surface area contributed by atoms with Crippen LogP contribution in [0.4, 0.5) is 0 Å². The molecule has 92 valence electrons. The van der Waals surface area contributed by atoms with Crippen LogP contribution in [0.1, 0.15) is 30.7 Å². The molecule has 0 aliphatic carbocycles. The number of nitrogens with one attached hydrogen (secondary N) is 1. The highest BCUT2D eigenvalue weighted by Gasteiger charge is 2.26. The summed E-state index contributed by atoms with van der Waals surface area (Å²) in [7, 11) is 0. The van der Waals surface area contributed by atoms with Crippen molar-refractivity contribution >= 4 is 0 Å². The normalized spacial score (nSPS) is 29.9. The molecular weight excluding hydrogens is 208 g/mol. The second-order valence-corrected chi connectivity index (χ2v) is 5.45. The van der Waals surface area contributed by atoms with Gasteiger partial charge in [0.25, 0.3) is 0 Å². The summed E-state index contributed by atoms with van der Waals surface area (Å²) in [5.74, 6) is 0.762. The summed E-state index contributed by atoms with van der Waals surface area (Å²) < 4.78 is 0. The van der Waals surface area contributed by atoms with Crippen LogP contribution in [-0.4, -0.2) is 37.1 Å². The van der Waals surface area contributed by atoms with Crippen LogP contribution in [-0.2, 0) is 0 Å². The molecule has 0 radical (unpaired) electrons. The lowest BCUT2D eigenvalue weighted by molar-refractivity contribution is 0.299. The van der Waals surface area contributed by atoms with E-state index in [0.29, 0.717) is 0 Å². The summed E-state index contributed by atoms with van der Waals surface area (Å²) in [6.45, 7) is 5.00. The number of benzene rings is 1. The third kappa shape index (κ3) is 2.70. The van der Waals surface area contributed by atoms with E-state index in [1.165, 1.54) is 51.0 Å². The Bertz CT molecular complexity index is 343. The highest BCUT2D eigenvalue weighted by atomic mass is 15.2. The first-order valence-corrected chi connectivity index (χ1v) is 6.92. The monoisotopic (exact) mass is 230 g/mol. The molecular formula is C15H22N2. The second-order valence-electron chi connectivity index (χ2n) is 5.45. The van der Waals surface area contributed by atoms with E-state index >= 15 is 0 Å². The maximum atomic E-state index is 3.60. The van der Waals surface area contributed by atoms with Gasteiger partial charge in [-0.25, -0.2) is 0 Å². The molecule has 17 heavy (non-hydrogen) atoms. The van der Waals surface area contributed by atoms with Gasteiger partial charge in [0.15, 0.2) is 0 Å². The molecule has 1 N–H and O–H groups in total. The molecule has 0 spiro atoms. The Morgan fingerprint density at radius 1 is 1.18 bits per heavy atom. The van der Waals surface area contributed by atoms with E-state index in [1.54, 1.807) is 0 Å². The fourth-order valence-electron chi connectivity index (χ4n) is 3.22. The Kier molecular flexibility index (Phi) is 3.44. The number of hydrogen-bond acceptors (Lipinski definition) is 2. The largest absolute Gasteiger partial charge is 0.313 e. The maximum absolute atomic E-state index is 3.60. The molecule has 1 unspecified atom stereocenters. The SMILES string of the molecule is c1ccc(C2CCN(C[C@H]3CCCN3)C2)cc1. The zero-order valence-corrected chi connectivity index (χ0v) is 10.4. The van der Waals surface area contributed by atoms with Crippen LogP contribution in [0.25, 0.3) is 0 Å². The lowest BCUT2D eigenvalue weighted by atomic mass is 9.99. The van der Waals surface area contributed by atoms with E-state index in [2.05, 4.69) is 40.5 Å². The van der Waals surface area contributed by atoms with Gasteiger partial charge in [0.05, 0.1) is 0 Å². The van der Waals surface area contributed by atoms with E-state index < -0.39 is 0 Å². The van der Waals surface area contributed by atoms with Crippen molar-refractivity contribution in [3.8, 4) is 0 Å². The van der Waals surface area contributed by atoms with Crippen LogP contribution >= 0.6 is 0 Å². The molecule has 3 rings (SSSR count). The first-order valence-electron chi connectivity index (χ1n) is 6.92. The number of likely N-dealkylation sites (tertiary alicyclic amines) is 1. The summed E-state index contributed by atoms with van der Waals surface area (Å²) in [6.07, 6.45) is 4.06. The lowest BCUT2D eigenvalue weighted by Gasteiger charge is -2.20. The molecule has 2 aliphatic heterocycles. The van der Waals surface area contributed by atoms with Gasteiger partial charge in [-0.1, -0.05) is 30.3 Å². The number of hydrogen-bond donors (Lipinski definition) is 1. The molecule has 0 bridgehead atoms. The molecule has 2 heterocycles. The third-order valence-corrected chi connectivity index (χ3v) is 4.18. The fraction of sp³-hybridized carbons (Fsp3) is 0.600. The molecule has 2 saturated heterocycles. The Labute approximate surface area is 104 Å². The summed E-state index contributed by atoms with van der Waals surface area (Å²) in [5.41, 5.74) is 1.52. The van der Waals surface area contributed by atoms with Crippen molar-refractivity contribution in [2.24, 2.45) is 0 Å². The van der Waals surface area contributed by atoms with Crippen LogP contribution in [0.3, 0.4) is 0 Å². The fourth-order valence-corrected chi connectivity index (χ4v) is 3.22. The highest BCUT2D eigenvalue weighted by molar-refractivity contribution is 5.21. The van der Waals surface area contributed by atoms with E-state index in [0.717, 1.165) is 12.0 Å². The van der Waals surface area contributed by atoms with Gasteiger partial charge in [0.2, 0.25) is 0 Å². The van der Waals surface area contributed by atoms with Crippen LogP contribution < -0.4 is 5.32 Å². The predicted molar refractivity (Wildman–Crippen MR) is 71.3 cm³/mol. The average Bonchev–Trinajstić information content (AvgIpc) is 3.02. The van der Waals surface area contributed by atoms with Crippen molar-refractivity contribution in [1.82, 2.24) is 10.2 Å². The zero-order valence-electron chi connectivity index (χ0n) is 10.4. The van der Waals surface area contributed by atoms with Gasteiger partial charge in [-0.05, 0) is 43.8 Å². The summed E-state index contributed by atoms with van der Waals surface area (Å²) in [5, 5.41) is 3.60. The zero-order chi connectivity index (χ0) is 11.5. The molecule has 2 atom stereocenters. The van der Waals surface area contributed by atoms with E-state index in [-0.39, 0.29) is 0 Å². The first kappa shape index (κ1) is 11.2. The molecule has 0 aromatic heterocycles. The molecule has 2 nitrogen and oxygen atoms in total. The second kappa shape index (κ2) is 5.19. The van der Waals surface area contributed by atoms with Gasteiger partial charge in [-0.3, -0.25) is 0 Å². The van der Waals surface area contributed by atoms with Gasteiger partial charge in [-0.2, -0.15) is 0 Å². The molecule has 2 fully saturated rings. The van der Waals surface area contributed by atoms with E-state index in [1.807, 2.05) is 0 Å². The molecule has 2 aliphatic rings. The first-order chi connectivity index (χ1) is 8.42. The minimum atomic E-state index is 0.754. The van der Waals surface area contributed by atoms with Crippen LogP contribution in [0.5, 0.6) is 0 Å². The lowest BCUT2D eigenvalue weighted by Crippen LogP contribution is -2.36. The maximum Gasteiger partial charge on any atom is 0.0195 e. The standard InChI is InChI=1S/C15H22N2/c1-2-5-13(6-3-1)14-8-10-17(11-14)12-15-7-4-9-16-15/h1-3,5-6,14-16H,4,7-12H2/t14?,15-/m1/s1. The van der Waals surface area contributed by atoms with Crippen LogP contribution in [0.2, 0.25) is 0 Å². The van der Waals surface area contributed by atoms with Crippen molar-refractivity contribution in [3.63, 3.8) is 0 Å². The quantitative estimate of drug-likeness (QED) is 0.856. The van der Waals surface area contributed by atoms with Crippen molar-refractivity contribution in [2.75, 3.05) is 26.2 Å². The molecule has 1 aromatic rings. The van der Waals surface area contributed by atoms with Crippen molar-refractivity contribution in [1.29, 1.82) is 0 Å². The van der Waals surface area contributed by atoms with E-state index in [4.69, 9.17) is 0 Å². The van der Waals surface area contributed by atoms with Gasteiger partial charge in [-0.15, -0.1) is 0 Å². The number of rotatable bonds is 3. The highest BCUT2D eigenvalue weighted by Crippen LogP contribution is 2.27. The van der Waals surface area contributed by atoms with Crippen molar-refractivity contribution < 1.29 is 0 Å². The Hall–Kier alpha value is -0.860. The van der Waals surface area contributed by atoms with Gasteiger partial charge >= 0.3 is 0 Å². The van der Waals surface area contributed by atoms with Crippen molar-refractivity contribution in [3.05, 3.63) is 35.9 Å². The van der Waals surface area contributed by atoms with Gasteiger partial charge in [0.1, 0.15) is 0 Å². The van der Waals surface area contributed by atoms with Gasteiger partial charge < -0.3 is 10.2 Å². The van der Waals surface area contributed by atoms with Gasteiger partial charge in [0, 0.05) is 19.1 Å². The number of nitrogens with zero attached hydrogens (tertiary/aromatic N) is 1. The van der Waals surface area contributed by atoms with Crippen molar-refractivity contribution in [2.45, 2.75) is 31.2 Å². The average molecular weight is 230 g/mol.